The van der Waals surface area contributed by atoms with Gasteiger partial charge in [-0.2, -0.15) is 12.6 Å². The molecule has 0 radical (unpaired) electrons. The van der Waals surface area contributed by atoms with E-state index in [0.717, 1.165) is 37.5 Å². The van der Waals surface area contributed by atoms with Gasteiger partial charge in [-0.25, -0.2) is 13.7 Å². The average Bonchev–Trinajstić information content (AvgIpc) is 3.13. The molecule has 5 heteroatoms. The molecule has 0 fully saturated rings. The lowest BCUT2D eigenvalue weighted by atomic mass is 10.1. The Morgan fingerprint density at radius 1 is 1.00 bits per heavy atom. The summed E-state index contributed by atoms with van der Waals surface area (Å²) in [6.07, 6.45) is 15.8. The van der Waals surface area contributed by atoms with E-state index in [4.69, 9.17) is 0 Å². The van der Waals surface area contributed by atoms with Crippen molar-refractivity contribution in [3.05, 3.63) is 78.6 Å². The van der Waals surface area contributed by atoms with Gasteiger partial charge in [-0.3, -0.25) is 0 Å². The molecular formula is C22H28N4S+2. The molecule has 3 rings (SSSR count). The average molecular weight is 381 g/mol. The van der Waals surface area contributed by atoms with Gasteiger partial charge in [0.2, 0.25) is 6.33 Å². The fourth-order valence-electron chi connectivity index (χ4n) is 2.84. The van der Waals surface area contributed by atoms with Crippen LogP contribution in [-0.2, 0) is 20.1 Å². The van der Waals surface area contributed by atoms with Gasteiger partial charge in [-0.15, -0.1) is 0 Å². The molecule has 0 aliphatic heterocycles. The minimum absolute atomic E-state index is 0.867. The largest absolute Gasteiger partial charge is 0.385 e. The first-order chi connectivity index (χ1) is 13.2. The maximum Gasteiger partial charge on any atom is 0.243 e. The smallest absolute Gasteiger partial charge is 0.243 e. The Bertz CT molecular complexity index is 851. The number of nitrogens with one attached hydrogen (secondary N) is 1. The van der Waals surface area contributed by atoms with E-state index in [9.17, 15) is 0 Å². The second kappa shape index (κ2) is 9.97. The third-order valence-corrected chi connectivity index (χ3v) is 4.61. The van der Waals surface area contributed by atoms with E-state index in [-0.39, 0.29) is 0 Å². The van der Waals surface area contributed by atoms with Crippen molar-refractivity contribution < 1.29 is 9.13 Å². The number of imidazole rings is 1. The van der Waals surface area contributed by atoms with Crippen molar-refractivity contribution in [2.45, 2.75) is 19.5 Å². The Labute approximate surface area is 167 Å². The third-order valence-electron chi connectivity index (χ3n) is 4.41. The van der Waals surface area contributed by atoms with E-state index >= 15 is 0 Å². The van der Waals surface area contributed by atoms with Gasteiger partial charge < -0.3 is 5.32 Å². The third kappa shape index (κ3) is 6.29. The number of nitrogens with zero attached hydrogens (tertiary/aromatic N) is 3. The van der Waals surface area contributed by atoms with Crippen LogP contribution >= 0.6 is 12.6 Å². The second-order valence-corrected chi connectivity index (χ2v) is 7.09. The highest BCUT2D eigenvalue weighted by atomic mass is 32.1. The standard InChI is InChI=1S/C22H26N4S/c1-24-13-9-21(10-14-24)4-3-20-5-7-22(8-6-20)23-11-2-12-25-15-16-26(19-25)17-18-27/h3-10,13-16,19H,2,11-12,17-18H2,1H3/p+2. The molecule has 1 aromatic carbocycles. The molecule has 0 unspecified atom stereocenters. The van der Waals surface area contributed by atoms with E-state index < -0.39 is 0 Å². The number of rotatable bonds is 9. The van der Waals surface area contributed by atoms with Crippen molar-refractivity contribution in [3.63, 3.8) is 0 Å². The Balaban J connectivity index is 1.42. The number of aromatic nitrogens is 3. The van der Waals surface area contributed by atoms with Crippen molar-refractivity contribution in [2.75, 3.05) is 17.6 Å². The molecule has 2 heterocycles. The summed E-state index contributed by atoms with van der Waals surface area (Å²) in [5.74, 6) is 0.867. The number of anilines is 1. The van der Waals surface area contributed by atoms with Gasteiger partial charge in [0.25, 0.3) is 0 Å². The predicted molar refractivity (Wildman–Crippen MR) is 115 cm³/mol. The van der Waals surface area contributed by atoms with E-state index in [0.29, 0.717) is 0 Å². The van der Waals surface area contributed by atoms with Crippen molar-refractivity contribution in [3.8, 4) is 0 Å². The van der Waals surface area contributed by atoms with Crippen molar-refractivity contribution >= 4 is 30.5 Å². The molecular weight excluding hydrogens is 352 g/mol. The van der Waals surface area contributed by atoms with Gasteiger partial charge in [-0.05, 0) is 23.3 Å². The Hall–Kier alpha value is -2.53. The lowest BCUT2D eigenvalue weighted by Crippen LogP contribution is -2.32. The molecule has 0 spiro atoms. The fourth-order valence-corrected chi connectivity index (χ4v) is 3.07. The zero-order chi connectivity index (χ0) is 18.9. The topological polar surface area (TPSA) is 24.7 Å². The highest BCUT2D eigenvalue weighted by Crippen LogP contribution is 2.12. The molecule has 0 amide bonds. The summed E-state index contributed by atoms with van der Waals surface area (Å²) in [6, 6.07) is 12.8. The van der Waals surface area contributed by atoms with Gasteiger partial charge in [0.15, 0.2) is 12.4 Å². The second-order valence-electron chi connectivity index (χ2n) is 6.65. The molecule has 0 bridgehead atoms. The van der Waals surface area contributed by atoms with Gasteiger partial charge >= 0.3 is 0 Å². The molecule has 1 N–H and O–H groups in total. The van der Waals surface area contributed by atoms with Crippen LogP contribution < -0.4 is 14.5 Å². The van der Waals surface area contributed by atoms with Crippen LogP contribution in [0.3, 0.4) is 0 Å². The SMILES string of the molecule is C[n+]1ccc(/C=C/c2ccc(NCCC[n+]3ccn(CCS)c3)cc2)cc1. The number of hydrogen-bond acceptors (Lipinski definition) is 2. The summed E-state index contributed by atoms with van der Waals surface area (Å²) in [6.45, 7) is 2.93. The Morgan fingerprint density at radius 3 is 2.41 bits per heavy atom. The molecule has 3 aromatic rings. The number of hydrogen-bond donors (Lipinski definition) is 2. The quantitative estimate of drug-likeness (QED) is 0.333. The van der Waals surface area contributed by atoms with E-state index in [1.165, 1.54) is 11.1 Å². The maximum atomic E-state index is 4.26. The Morgan fingerprint density at radius 2 is 1.70 bits per heavy atom. The van der Waals surface area contributed by atoms with Crippen LogP contribution in [0, 0.1) is 0 Å². The van der Waals surface area contributed by atoms with Crippen LogP contribution in [0.4, 0.5) is 5.69 Å². The van der Waals surface area contributed by atoms with Crippen LogP contribution in [-0.4, -0.2) is 16.9 Å². The van der Waals surface area contributed by atoms with Crippen molar-refractivity contribution in [2.24, 2.45) is 7.05 Å². The summed E-state index contributed by atoms with van der Waals surface area (Å²) >= 11 is 4.26. The van der Waals surface area contributed by atoms with E-state index in [1.54, 1.807) is 0 Å². The number of thiol groups is 1. The van der Waals surface area contributed by atoms with Gasteiger partial charge in [0, 0.05) is 36.5 Å². The van der Waals surface area contributed by atoms with Crippen LogP contribution in [0.2, 0.25) is 0 Å². The number of pyridine rings is 1. The van der Waals surface area contributed by atoms with Crippen LogP contribution in [0.15, 0.2) is 67.5 Å². The minimum atomic E-state index is 0.867. The van der Waals surface area contributed by atoms with Crippen LogP contribution in [0.1, 0.15) is 17.5 Å². The summed E-state index contributed by atoms with van der Waals surface area (Å²) < 4.78 is 6.43. The van der Waals surface area contributed by atoms with Crippen LogP contribution in [0.25, 0.3) is 12.2 Å². The van der Waals surface area contributed by atoms with Crippen molar-refractivity contribution in [1.82, 2.24) is 4.57 Å². The first-order valence-electron chi connectivity index (χ1n) is 9.36. The van der Waals surface area contributed by atoms with Gasteiger partial charge in [0.1, 0.15) is 19.4 Å². The fraction of sp³-hybridized carbons (Fsp3) is 0.273. The zero-order valence-electron chi connectivity index (χ0n) is 15.8. The molecule has 2 aromatic heterocycles. The summed E-state index contributed by atoms with van der Waals surface area (Å²) in [5.41, 5.74) is 3.57. The first kappa shape index (κ1) is 19.2. The molecule has 0 aliphatic carbocycles. The molecule has 0 atom stereocenters. The first-order valence-corrected chi connectivity index (χ1v) is 9.99. The van der Waals surface area contributed by atoms with Crippen molar-refractivity contribution in [1.29, 1.82) is 0 Å². The van der Waals surface area contributed by atoms with Gasteiger partial charge in [0.05, 0.1) is 13.1 Å². The maximum absolute atomic E-state index is 4.26. The normalized spacial score (nSPS) is 11.2. The number of benzene rings is 1. The highest BCUT2D eigenvalue weighted by molar-refractivity contribution is 7.80. The molecule has 0 saturated carbocycles. The molecule has 140 valence electrons. The lowest BCUT2D eigenvalue weighted by Gasteiger charge is -2.05. The summed E-state index contributed by atoms with van der Waals surface area (Å²) in [4.78, 5) is 0. The lowest BCUT2D eigenvalue weighted by molar-refractivity contribution is -0.696. The predicted octanol–water partition coefficient (Wildman–Crippen LogP) is 3.20. The summed E-state index contributed by atoms with van der Waals surface area (Å²) in [7, 11) is 2.03. The van der Waals surface area contributed by atoms with E-state index in [1.807, 2.05) is 11.6 Å². The molecule has 4 nitrogen and oxygen atoms in total. The Kier molecular flexibility index (Phi) is 7.11. The monoisotopic (exact) mass is 380 g/mol. The zero-order valence-corrected chi connectivity index (χ0v) is 16.7. The van der Waals surface area contributed by atoms with E-state index in [2.05, 4.69) is 107 Å². The number of aryl methyl sites for hydroxylation is 3. The highest BCUT2D eigenvalue weighted by Gasteiger charge is 2.02. The molecule has 0 aliphatic rings. The van der Waals surface area contributed by atoms with Gasteiger partial charge in [-0.1, -0.05) is 24.3 Å². The molecule has 27 heavy (non-hydrogen) atoms. The van der Waals surface area contributed by atoms with Crippen LogP contribution in [0.5, 0.6) is 0 Å². The summed E-state index contributed by atoms with van der Waals surface area (Å²) in [5, 5.41) is 3.49. The molecule has 0 saturated heterocycles. The minimum Gasteiger partial charge on any atom is -0.385 e.